The molecule has 9 nitrogen and oxygen atoms in total. The molecule has 5 rings (SSSR count). The van der Waals surface area contributed by atoms with Crippen LogP contribution in [-0.2, 0) is 5.54 Å². The Labute approximate surface area is 168 Å². The number of nitrogens with two attached hydrogens (primary N) is 1. The number of nitrogens with zero attached hydrogens (tertiary/aromatic N) is 2. The van der Waals surface area contributed by atoms with E-state index in [-0.39, 0.29) is 17.4 Å². The fourth-order valence-electron chi connectivity index (χ4n) is 3.20. The molecule has 9 heteroatoms. The molecule has 0 aliphatic carbocycles. The number of phenols is 1. The lowest BCUT2D eigenvalue weighted by Crippen LogP contribution is -2.43. The Morgan fingerprint density at radius 2 is 1.73 bits per heavy atom. The molecule has 5 N–H and O–H groups in total. The van der Waals surface area contributed by atoms with E-state index in [0.717, 1.165) is 5.39 Å². The van der Waals surface area contributed by atoms with Crippen LogP contribution in [-0.4, -0.2) is 38.7 Å². The van der Waals surface area contributed by atoms with Crippen LogP contribution in [0, 0.1) is 0 Å². The molecule has 0 atom stereocenters. The van der Waals surface area contributed by atoms with Gasteiger partial charge in [-0.15, -0.1) is 0 Å². The monoisotopic (exact) mass is 407 g/mol. The Bertz CT molecular complexity index is 1360. The van der Waals surface area contributed by atoms with Crippen LogP contribution in [0.25, 0.3) is 45.0 Å². The normalized spacial score (nSPS) is 12.2. The SMILES string of the molecule is NC(CO)(CO)c1cc2cc(-c3noc(-c4cc5ccc(O)cc5o4)n3)ccc2o1. The second kappa shape index (κ2) is 6.70. The third-order valence-electron chi connectivity index (χ3n) is 4.97. The number of phenolic OH excluding ortho intramolecular Hbond substituents is 1. The minimum Gasteiger partial charge on any atom is -0.508 e. The zero-order valence-corrected chi connectivity index (χ0v) is 15.6. The largest absolute Gasteiger partial charge is 0.508 e. The standard InChI is InChI=1S/C21H17N3O6/c22-21(9-25,10-26)18-7-13-5-12(2-4-15(13)29-18)19-23-20(30-24-19)17-6-11-1-3-14(27)8-16(11)28-17/h1-8,25-27H,9-10,22H2. The van der Waals surface area contributed by atoms with Crippen molar-refractivity contribution in [2.75, 3.05) is 13.2 Å². The summed E-state index contributed by atoms with van der Waals surface area (Å²) in [6.45, 7) is -0.917. The van der Waals surface area contributed by atoms with Crippen LogP contribution >= 0.6 is 0 Å². The van der Waals surface area contributed by atoms with E-state index in [4.69, 9.17) is 19.1 Å². The highest BCUT2D eigenvalue weighted by Gasteiger charge is 2.30. The Hall–Kier alpha value is -3.66. The molecule has 152 valence electrons. The number of aromatic hydroxyl groups is 1. The number of furan rings is 2. The number of aromatic nitrogens is 2. The maximum Gasteiger partial charge on any atom is 0.293 e. The molecule has 3 aromatic heterocycles. The number of aliphatic hydroxyl groups is 2. The van der Waals surface area contributed by atoms with Gasteiger partial charge in [0.1, 0.15) is 28.2 Å². The molecular formula is C21H17N3O6. The van der Waals surface area contributed by atoms with Crippen molar-refractivity contribution in [1.29, 1.82) is 0 Å². The Kier molecular flexibility index (Phi) is 4.10. The number of aliphatic hydroxyl groups excluding tert-OH is 2. The maximum atomic E-state index is 9.58. The van der Waals surface area contributed by atoms with Crippen LogP contribution in [0.2, 0.25) is 0 Å². The molecule has 0 amide bonds. The molecule has 0 radical (unpaired) electrons. The van der Waals surface area contributed by atoms with Crippen molar-refractivity contribution in [3.05, 3.63) is 54.3 Å². The van der Waals surface area contributed by atoms with E-state index >= 15 is 0 Å². The molecule has 5 aromatic rings. The van der Waals surface area contributed by atoms with E-state index in [2.05, 4.69) is 10.1 Å². The minimum atomic E-state index is -1.37. The van der Waals surface area contributed by atoms with Crippen molar-refractivity contribution in [3.63, 3.8) is 0 Å². The molecule has 30 heavy (non-hydrogen) atoms. The minimum absolute atomic E-state index is 0.103. The van der Waals surface area contributed by atoms with Crippen molar-refractivity contribution >= 4 is 21.9 Å². The average molecular weight is 407 g/mol. The molecule has 3 heterocycles. The Morgan fingerprint density at radius 3 is 2.53 bits per heavy atom. The number of fused-ring (bicyclic) bond motifs is 2. The highest BCUT2D eigenvalue weighted by Crippen LogP contribution is 2.32. The smallest absolute Gasteiger partial charge is 0.293 e. The Balaban J connectivity index is 1.50. The molecule has 0 aliphatic rings. The zero-order valence-electron chi connectivity index (χ0n) is 15.6. The molecule has 0 saturated carbocycles. The van der Waals surface area contributed by atoms with Gasteiger partial charge in [0.25, 0.3) is 5.89 Å². The summed E-state index contributed by atoms with van der Waals surface area (Å²) in [4.78, 5) is 4.39. The lowest BCUT2D eigenvalue weighted by Gasteiger charge is -2.21. The summed E-state index contributed by atoms with van der Waals surface area (Å²) in [6.07, 6.45) is 0. The first kappa shape index (κ1) is 18.4. The van der Waals surface area contributed by atoms with Gasteiger partial charge in [0.15, 0.2) is 5.76 Å². The van der Waals surface area contributed by atoms with Gasteiger partial charge in [-0.05, 0) is 42.5 Å². The molecule has 0 aliphatic heterocycles. The fourth-order valence-corrected chi connectivity index (χ4v) is 3.20. The summed E-state index contributed by atoms with van der Waals surface area (Å²) in [5.41, 5.74) is 6.35. The first-order valence-corrected chi connectivity index (χ1v) is 9.11. The van der Waals surface area contributed by atoms with Crippen LogP contribution in [0.1, 0.15) is 5.76 Å². The van der Waals surface area contributed by atoms with Gasteiger partial charge in [-0.25, -0.2) is 0 Å². The Morgan fingerprint density at radius 1 is 0.900 bits per heavy atom. The second-order valence-electron chi connectivity index (χ2n) is 7.09. The summed E-state index contributed by atoms with van der Waals surface area (Å²) in [5.74, 6) is 1.32. The van der Waals surface area contributed by atoms with Crippen molar-refractivity contribution in [1.82, 2.24) is 10.1 Å². The van der Waals surface area contributed by atoms with Crippen LogP contribution in [0.3, 0.4) is 0 Å². The van der Waals surface area contributed by atoms with Gasteiger partial charge < -0.3 is 34.4 Å². The van der Waals surface area contributed by atoms with Crippen molar-refractivity contribution in [2.45, 2.75) is 5.54 Å². The molecule has 0 spiro atoms. The first-order chi connectivity index (χ1) is 14.5. The van der Waals surface area contributed by atoms with Gasteiger partial charge in [0.2, 0.25) is 5.82 Å². The summed E-state index contributed by atoms with van der Waals surface area (Å²) < 4.78 is 16.7. The highest BCUT2D eigenvalue weighted by molar-refractivity contribution is 5.84. The van der Waals surface area contributed by atoms with E-state index in [1.165, 1.54) is 6.07 Å². The van der Waals surface area contributed by atoms with Gasteiger partial charge in [-0.1, -0.05) is 5.16 Å². The quantitative estimate of drug-likeness (QED) is 0.344. The van der Waals surface area contributed by atoms with Gasteiger partial charge in [-0.2, -0.15) is 4.98 Å². The van der Waals surface area contributed by atoms with Crippen LogP contribution < -0.4 is 5.73 Å². The van der Waals surface area contributed by atoms with Crippen molar-refractivity contribution in [3.8, 4) is 28.8 Å². The van der Waals surface area contributed by atoms with E-state index in [9.17, 15) is 15.3 Å². The van der Waals surface area contributed by atoms with Gasteiger partial charge in [-0.3, -0.25) is 0 Å². The number of rotatable bonds is 5. The lowest BCUT2D eigenvalue weighted by molar-refractivity contribution is 0.105. The first-order valence-electron chi connectivity index (χ1n) is 9.11. The molecule has 0 fully saturated rings. The topological polar surface area (TPSA) is 152 Å². The number of hydrogen-bond donors (Lipinski definition) is 4. The average Bonchev–Trinajstić information content (AvgIpc) is 3.49. The van der Waals surface area contributed by atoms with Crippen LogP contribution in [0.5, 0.6) is 5.75 Å². The van der Waals surface area contributed by atoms with Crippen molar-refractivity contribution in [2.24, 2.45) is 5.73 Å². The maximum absolute atomic E-state index is 9.58. The molecule has 0 bridgehead atoms. The molecule has 2 aromatic carbocycles. The number of benzene rings is 2. The van der Waals surface area contributed by atoms with Crippen LogP contribution in [0.4, 0.5) is 0 Å². The third-order valence-corrected chi connectivity index (χ3v) is 4.97. The van der Waals surface area contributed by atoms with E-state index in [1.807, 2.05) is 0 Å². The predicted molar refractivity (Wildman–Crippen MR) is 106 cm³/mol. The summed E-state index contributed by atoms with van der Waals surface area (Å²) in [5, 5.41) is 34.1. The number of hydrogen-bond acceptors (Lipinski definition) is 9. The summed E-state index contributed by atoms with van der Waals surface area (Å²) >= 11 is 0. The second-order valence-corrected chi connectivity index (χ2v) is 7.09. The van der Waals surface area contributed by atoms with Crippen molar-refractivity contribution < 1.29 is 28.7 Å². The fraction of sp³-hybridized carbons (Fsp3) is 0.143. The summed E-state index contributed by atoms with van der Waals surface area (Å²) in [6, 6.07) is 13.5. The van der Waals surface area contributed by atoms with E-state index in [1.54, 1.807) is 42.5 Å². The summed E-state index contributed by atoms with van der Waals surface area (Å²) in [7, 11) is 0. The highest BCUT2D eigenvalue weighted by atomic mass is 16.5. The molecular weight excluding hydrogens is 390 g/mol. The van der Waals surface area contributed by atoms with Gasteiger partial charge >= 0.3 is 0 Å². The van der Waals surface area contributed by atoms with E-state index < -0.39 is 18.8 Å². The van der Waals surface area contributed by atoms with Gasteiger partial charge in [0, 0.05) is 22.4 Å². The lowest BCUT2D eigenvalue weighted by atomic mass is 10.00. The van der Waals surface area contributed by atoms with E-state index in [0.29, 0.717) is 33.7 Å². The van der Waals surface area contributed by atoms with Crippen LogP contribution in [0.15, 0.2) is 61.9 Å². The molecule has 0 unspecified atom stereocenters. The third kappa shape index (κ3) is 2.92. The molecule has 0 saturated heterocycles. The van der Waals surface area contributed by atoms with Gasteiger partial charge in [0.05, 0.1) is 13.2 Å². The zero-order chi connectivity index (χ0) is 20.9. The predicted octanol–water partition coefficient (Wildman–Crippen LogP) is 2.74.